The van der Waals surface area contributed by atoms with E-state index < -0.39 is 0 Å². The predicted octanol–water partition coefficient (Wildman–Crippen LogP) is 3.38. The summed E-state index contributed by atoms with van der Waals surface area (Å²) in [6.07, 6.45) is 6.29. The van der Waals surface area contributed by atoms with E-state index in [0.717, 1.165) is 23.7 Å². The number of aromatic nitrogens is 2. The summed E-state index contributed by atoms with van der Waals surface area (Å²) in [5.41, 5.74) is 2.29. The van der Waals surface area contributed by atoms with E-state index in [1.54, 1.807) is 17.7 Å². The molecule has 0 unspecified atom stereocenters. The molecule has 0 saturated heterocycles. The molecule has 3 aromatic rings. The molecule has 0 aliphatic heterocycles. The zero-order valence-electron chi connectivity index (χ0n) is 16.2. The lowest BCUT2D eigenvalue weighted by molar-refractivity contribution is 0.101. The van der Waals surface area contributed by atoms with Crippen LogP contribution in [0.3, 0.4) is 0 Å². The summed E-state index contributed by atoms with van der Waals surface area (Å²) in [5.74, 6) is -0.385. The summed E-state index contributed by atoms with van der Waals surface area (Å²) >= 11 is 0. The molecule has 1 amide bonds. The fraction of sp³-hybridized carbons (Fsp3) is 0.364. The Morgan fingerprint density at radius 1 is 1.11 bits per heavy atom. The molecule has 2 heterocycles. The summed E-state index contributed by atoms with van der Waals surface area (Å²) < 4.78 is 3.65. The number of aliphatic hydroxyl groups excluding tert-OH is 1. The summed E-state index contributed by atoms with van der Waals surface area (Å²) in [6, 6.07) is 9.53. The zero-order chi connectivity index (χ0) is 19.8. The van der Waals surface area contributed by atoms with E-state index >= 15 is 0 Å². The van der Waals surface area contributed by atoms with Gasteiger partial charge in [-0.2, -0.15) is 0 Å². The lowest BCUT2D eigenvalue weighted by Gasteiger charge is -2.27. The van der Waals surface area contributed by atoms with Crippen molar-refractivity contribution in [2.24, 2.45) is 7.05 Å². The molecule has 0 spiro atoms. The van der Waals surface area contributed by atoms with Gasteiger partial charge in [0, 0.05) is 36.4 Å². The predicted molar refractivity (Wildman–Crippen MR) is 110 cm³/mol. The number of pyridine rings is 1. The van der Waals surface area contributed by atoms with Crippen LogP contribution in [-0.4, -0.2) is 26.3 Å². The second-order valence-electron chi connectivity index (χ2n) is 7.67. The van der Waals surface area contributed by atoms with Crippen molar-refractivity contribution in [2.45, 2.75) is 44.8 Å². The number of amides is 1. The van der Waals surface area contributed by atoms with Crippen molar-refractivity contribution in [1.82, 2.24) is 9.13 Å². The molecule has 0 atom stereocenters. The van der Waals surface area contributed by atoms with Gasteiger partial charge in [-0.3, -0.25) is 9.59 Å². The lowest BCUT2D eigenvalue weighted by atomic mass is 9.92. The number of aryl methyl sites for hydroxylation is 2. The average molecular weight is 379 g/mol. The van der Waals surface area contributed by atoms with Crippen molar-refractivity contribution in [3.63, 3.8) is 0 Å². The van der Waals surface area contributed by atoms with Crippen LogP contribution in [0.4, 0.5) is 5.69 Å². The number of carbonyl (C=O) groups excluding carboxylic acids is 1. The van der Waals surface area contributed by atoms with E-state index in [-0.39, 0.29) is 29.2 Å². The standard InChI is InChI=1S/C22H25N3O3/c1-14-10-13-25(15-6-8-16(26)9-7-15)22(28)20(14)21(27)23-18-4-3-5-19-17(18)11-12-24(19)2/h3-5,10-13,15-16,26H,6-9H2,1-2H3,(H,23,27). The van der Waals surface area contributed by atoms with Crippen LogP contribution in [-0.2, 0) is 7.05 Å². The van der Waals surface area contributed by atoms with Gasteiger partial charge < -0.3 is 19.6 Å². The van der Waals surface area contributed by atoms with Gasteiger partial charge in [-0.1, -0.05) is 6.07 Å². The molecule has 0 bridgehead atoms. The van der Waals surface area contributed by atoms with Crippen molar-refractivity contribution in [1.29, 1.82) is 0 Å². The number of hydrogen-bond donors (Lipinski definition) is 2. The Morgan fingerprint density at radius 2 is 1.86 bits per heavy atom. The Bertz CT molecular complexity index is 1090. The summed E-state index contributed by atoms with van der Waals surface area (Å²) in [4.78, 5) is 26.1. The van der Waals surface area contributed by atoms with E-state index in [4.69, 9.17) is 0 Å². The molecule has 146 valence electrons. The maximum atomic E-state index is 13.1. The minimum atomic E-state index is -0.385. The van der Waals surface area contributed by atoms with Crippen LogP contribution in [0, 0.1) is 6.92 Å². The van der Waals surface area contributed by atoms with E-state index in [1.807, 2.05) is 48.1 Å². The van der Waals surface area contributed by atoms with Crippen LogP contribution in [0.1, 0.15) is 47.6 Å². The molecular weight excluding hydrogens is 354 g/mol. The van der Waals surface area contributed by atoms with Crippen molar-refractivity contribution in [3.05, 3.63) is 64.2 Å². The fourth-order valence-corrected chi connectivity index (χ4v) is 4.14. The van der Waals surface area contributed by atoms with Gasteiger partial charge in [-0.15, -0.1) is 0 Å². The van der Waals surface area contributed by atoms with Crippen molar-refractivity contribution in [3.8, 4) is 0 Å². The summed E-state index contributed by atoms with van der Waals surface area (Å²) in [6.45, 7) is 1.79. The summed E-state index contributed by atoms with van der Waals surface area (Å²) in [7, 11) is 1.95. The number of nitrogens with one attached hydrogen (secondary N) is 1. The molecule has 6 nitrogen and oxygen atoms in total. The van der Waals surface area contributed by atoms with Gasteiger partial charge in [0.2, 0.25) is 0 Å². The van der Waals surface area contributed by atoms with E-state index in [0.29, 0.717) is 24.1 Å². The average Bonchev–Trinajstić information content (AvgIpc) is 3.05. The quantitative estimate of drug-likeness (QED) is 0.732. The van der Waals surface area contributed by atoms with Gasteiger partial charge in [0.25, 0.3) is 11.5 Å². The lowest BCUT2D eigenvalue weighted by Crippen LogP contribution is -2.34. The van der Waals surface area contributed by atoms with Gasteiger partial charge in [0.05, 0.1) is 11.8 Å². The molecule has 1 fully saturated rings. The molecule has 2 aromatic heterocycles. The second kappa shape index (κ2) is 7.28. The monoisotopic (exact) mass is 379 g/mol. The minimum Gasteiger partial charge on any atom is -0.393 e. The Labute approximate surface area is 163 Å². The fourth-order valence-electron chi connectivity index (χ4n) is 4.14. The van der Waals surface area contributed by atoms with Crippen molar-refractivity contribution >= 4 is 22.5 Å². The third kappa shape index (κ3) is 3.24. The second-order valence-corrected chi connectivity index (χ2v) is 7.67. The number of fused-ring (bicyclic) bond motifs is 1. The minimum absolute atomic E-state index is 0.0283. The Hall–Kier alpha value is -2.86. The van der Waals surface area contributed by atoms with Crippen LogP contribution in [0.2, 0.25) is 0 Å². The van der Waals surface area contributed by atoms with Gasteiger partial charge in [-0.05, 0) is 62.4 Å². The van der Waals surface area contributed by atoms with Gasteiger partial charge in [-0.25, -0.2) is 0 Å². The van der Waals surface area contributed by atoms with Crippen LogP contribution in [0.5, 0.6) is 0 Å². The number of rotatable bonds is 3. The molecule has 2 N–H and O–H groups in total. The molecule has 1 aliphatic rings. The first-order valence-corrected chi connectivity index (χ1v) is 9.71. The summed E-state index contributed by atoms with van der Waals surface area (Å²) in [5, 5.41) is 13.6. The Kier molecular flexibility index (Phi) is 4.81. The van der Waals surface area contributed by atoms with Crippen LogP contribution < -0.4 is 10.9 Å². The van der Waals surface area contributed by atoms with Crippen LogP contribution in [0.25, 0.3) is 10.9 Å². The van der Waals surface area contributed by atoms with Gasteiger partial charge >= 0.3 is 0 Å². The molecule has 28 heavy (non-hydrogen) atoms. The Morgan fingerprint density at radius 3 is 2.61 bits per heavy atom. The van der Waals surface area contributed by atoms with Gasteiger partial charge in [0.1, 0.15) is 5.56 Å². The highest BCUT2D eigenvalue weighted by molar-refractivity contribution is 6.09. The largest absolute Gasteiger partial charge is 0.393 e. The molecule has 0 radical (unpaired) electrons. The third-order valence-corrected chi connectivity index (χ3v) is 5.79. The molecule has 4 rings (SSSR count). The first-order valence-electron chi connectivity index (χ1n) is 9.71. The van der Waals surface area contributed by atoms with Crippen molar-refractivity contribution < 1.29 is 9.90 Å². The normalized spacial score (nSPS) is 19.7. The highest BCUT2D eigenvalue weighted by Gasteiger charge is 2.24. The number of benzene rings is 1. The molecule has 1 aromatic carbocycles. The molecule has 6 heteroatoms. The maximum Gasteiger partial charge on any atom is 0.263 e. The number of anilines is 1. The molecule has 1 saturated carbocycles. The highest BCUT2D eigenvalue weighted by atomic mass is 16.3. The number of aliphatic hydroxyl groups is 1. The first-order chi connectivity index (χ1) is 13.5. The SMILES string of the molecule is Cc1ccn(C2CCC(O)CC2)c(=O)c1C(=O)Nc1cccc2c1ccn2C. The zero-order valence-corrected chi connectivity index (χ0v) is 16.2. The van der Waals surface area contributed by atoms with Crippen LogP contribution in [0.15, 0.2) is 47.5 Å². The van der Waals surface area contributed by atoms with Crippen molar-refractivity contribution in [2.75, 3.05) is 5.32 Å². The molecular formula is C22H25N3O3. The number of nitrogens with zero attached hydrogens (tertiary/aromatic N) is 2. The van der Waals surface area contributed by atoms with Crippen LogP contribution >= 0.6 is 0 Å². The number of carbonyl (C=O) groups is 1. The Balaban J connectivity index is 1.67. The maximum absolute atomic E-state index is 13.1. The third-order valence-electron chi connectivity index (χ3n) is 5.79. The van der Waals surface area contributed by atoms with Gasteiger partial charge in [0.15, 0.2) is 0 Å². The number of hydrogen-bond acceptors (Lipinski definition) is 3. The van der Waals surface area contributed by atoms with E-state index in [1.165, 1.54) is 0 Å². The molecule has 1 aliphatic carbocycles. The highest BCUT2D eigenvalue weighted by Crippen LogP contribution is 2.28. The topological polar surface area (TPSA) is 76.3 Å². The van der Waals surface area contributed by atoms with E-state index in [2.05, 4.69) is 5.32 Å². The smallest absolute Gasteiger partial charge is 0.263 e. The first kappa shape index (κ1) is 18.5. The van der Waals surface area contributed by atoms with E-state index in [9.17, 15) is 14.7 Å².